The molecule has 2 rings (SSSR count). The summed E-state index contributed by atoms with van der Waals surface area (Å²) >= 11 is 2.30. The lowest BCUT2D eigenvalue weighted by Gasteiger charge is -1.98. The second-order valence-electron chi connectivity index (χ2n) is 3.07. The van der Waals surface area contributed by atoms with Crippen molar-refractivity contribution in [2.24, 2.45) is 0 Å². The fourth-order valence-electron chi connectivity index (χ4n) is 1.38. The second-order valence-corrected chi connectivity index (χ2v) is 3.84. The number of fused-ring (bicyclic) bond motifs is 1. The lowest BCUT2D eigenvalue weighted by Crippen LogP contribution is -1.94. The van der Waals surface area contributed by atoms with Crippen molar-refractivity contribution >= 4 is 28.4 Å². The Hall–Kier alpha value is -0.650. The zero-order chi connectivity index (χ0) is 9.42. The van der Waals surface area contributed by atoms with E-state index in [0.717, 1.165) is 21.6 Å². The molecular formula is C9H10IN3. The van der Waals surface area contributed by atoms with Crippen LogP contribution in [-0.4, -0.2) is 14.4 Å². The van der Waals surface area contributed by atoms with E-state index in [4.69, 9.17) is 0 Å². The zero-order valence-electron chi connectivity index (χ0n) is 7.58. The third-order valence-electron chi connectivity index (χ3n) is 1.95. The highest BCUT2D eigenvalue weighted by atomic mass is 127. The molecule has 2 aromatic heterocycles. The fraction of sp³-hybridized carbons (Fsp3) is 0.333. The molecule has 0 aliphatic rings. The van der Waals surface area contributed by atoms with Gasteiger partial charge in [-0.25, -0.2) is 9.97 Å². The van der Waals surface area contributed by atoms with Gasteiger partial charge in [-0.2, -0.15) is 0 Å². The summed E-state index contributed by atoms with van der Waals surface area (Å²) in [5.41, 5.74) is 3.29. The third-order valence-corrected chi connectivity index (χ3v) is 2.73. The van der Waals surface area contributed by atoms with Crippen LogP contribution in [0.4, 0.5) is 0 Å². The molecule has 0 aliphatic heterocycles. The molecule has 0 atom stereocenters. The molecule has 0 amide bonds. The molecule has 0 saturated heterocycles. The first-order chi connectivity index (χ1) is 6.20. The van der Waals surface area contributed by atoms with Crippen LogP contribution < -0.4 is 0 Å². The van der Waals surface area contributed by atoms with Crippen molar-refractivity contribution in [1.82, 2.24) is 14.4 Å². The predicted molar refractivity (Wildman–Crippen MR) is 60.2 cm³/mol. The molecule has 0 spiro atoms. The highest BCUT2D eigenvalue weighted by Crippen LogP contribution is 2.10. The number of aromatic nitrogens is 3. The topological polar surface area (TPSA) is 30.2 Å². The van der Waals surface area contributed by atoms with E-state index in [2.05, 4.69) is 45.5 Å². The average molecular weight is 287 g/mol. The molecule has 2 aromatic rings. The van der Waals surface area contributed by atoms with Gasteiger partial charge in [0.15, 0.2) is 0 Å². The molecule has 3 nitrogen and oxygen atoms in total. The van der Waals surface area contributed by atoms with E-state index in [1.165, 1.54) is 5.69 Å². The fourth-order valence-corrected chi connectivity index (χ4v) is 1.75. The second kappa shape index (κ2) is 3.25. The molecule has 13 heavy (non-hydrogen) atoms. The van der Waals surface area contributed by atoms with Gasteiger partial charge in [-0.05, 0) is 19.9 Å². The van der Waals surface area contributed by atoms with Gasteiger partial charge in [0.2, 0.25) is 5.78 Å². The highest BCUT2D eigenvalue weighted by Gasteiger charge is 2.03. The molecule has 2 heterocycles. The van der Waals surface area contributed by atoms with Crippen molar-refractivity contribution in [2.45, 2.75) is 18.3 Å². The van der Waals surface area contributed by atoms with Gasteiger partial charge in [0.25, 0.3) is 0 Å². The van der Waals surface area contributed by atoms with E-state index in [9.17, 15) is 0 Å². The molecule has 0 N–H and O–H groups in total. The first-order valence-electron chi connectivity index (χ1n) is 4.09. The Morgan fingerprint density at radius 1 is 1.38 bits per heavy atom. The van der Waals surface area contributed by atoms with E-state index < -0.39 is 0 Å². The number of rotatable bonds is 1. The Kier molecular flexibility index (Phi) is 2.23. The minimum Gasteiger partial charge on any atom is -0.288 e. The summed E-state index contributed by atoms with van der Waals surface area (Å²) in [4.78, 5) is 8.75. The van der Waals surface area contributed by atoms with Crippen LogP contribution in [0.1, 0.15) is 17.1 Å². The molecule has 0 saturated carbocycles. The monoisotopic (exact) mass is 287 g/mol. The van der Waals surface area contributed by atoms with Gasteiger partial charge in [0, 0.05) is 22.0 Å². The minimum atomic E-state index is 0.809. The number of halogens is 1. The number of nitrogens with zero attached hydrogens (tertiary/aromatic N) is 3. The SMILES string of the molecule is Cc1cc(C)n2cc(CI)nc2n1. The molecule has 0 fully saturated rings. The quantitative estimate of drug-likeness (QED) is 0.595. The smallest absolute Gasteiger partial charge is 0.234 e. The summed E-state index contributed by atoms with van der Waals surface area (Å²) in [6, 6.07) is 2.06. The Morgan fingerprint density at radius 2 is 2.15 bits per heavy atom. The van der Waals surface area contributed by atoms with Crippen LogP contribution in [0.15, 0.2) is 12.3 Å². The van der Waals surface area contributed by atoms with Gasteiger partial charge in [-0.3, -0.25) is 4.40 Å². The summed E-state index contributed by atoms with van der Waals surface area (Å²) in [6.07, 6.45) is 2.05. The van der Waals surface area contributed by atoms with Crippen LogP contribution >= 0.6 is 22.6 Å². The molecule has 0 aromatic carbocycles. The van der Waals surface area contributed by atoms with Gasteiger partial charge in [0.1, 0.15) is 0 Å². The number of hydrogen-bond donors (Lipinski definition) is 0. The Morgan fingerprint density at radius 3 is 2.85 bits per heavy atom. The predicted octanol–water partition coefficient (Wildman–Crippen LogP) is 2.28. The van der Waals surface area contributed by atoms with E-state index in [1.54, 1.807) is 0 Å². The van der Waals surface area contributed by atoms with Crippen LogP contribution in [0.3, 0.4) is 0 Å². The van der Waals surface area contributed by atoms with Crippen LogP contribution in [0.25, 0.3) is 5.78 Å². The average Bonchev–Trinajstić information content (AvgIpc) is 2.47. The van der Waals surface area contributed by atoms with Crippen LogP contribution in [-0.2, 0) is 4.43 Å². The number of hydrogen-bond acceptors (Lipinski definition) is 2. The van der Waals surface area contributed by atoms with E-state index in [-0.39, 0.29) is 0 Å². The zero-order valence-corrected chi connectivity index (χ0v) is 9.74. The van der Waals surface area contributed by atoms with Crippen molar-refractivity contribution < 1.29 is 0 Å². The third kappa shape index (κ3) is 1.54. The first kappa shape index (κ1) is 8.93. The Balaban J connectivity index is 2.75. The number of imidazole rings is 1. The van der Waals surface area contributed by atoms with Crippen molar-refractivity contribution in [1.29, 1.82) is 0 Å². The Labute approximate surface area is 90.3 Å². The summed E-state index contributed by atoms with van der Waals surface area (Å²) in [7, 11) is 0. The van der Waals surface area contributed by atoms with Crippen LogP contribution in [0.5, 0.6) is 0 Å². The normalized spacial score (nSPS) is 11.0. The first-order valence-corrected chi connectivity index (χ1v) is 5.61. The maximum atomic E-state index is 4.40. The van der Waals surface area contributed by atoms with E-state index in [0.29, 0.717) is 0 Å². The largest absolute Gasteiger partial charge is 0.288 e. The molecule has 4 heteroatoms. The van der Waals surface area contributed by atoms with Gasteiger partial charge in [-0.1, -0.05) is 22.6 Å². The van der Waals surface area contributed by atoms with Gasteiger partial charge < -0.3 is 0 Å². The number of alkyl halides is 1. The Bertz CT molecular complexity index is 447. The van der Waals surface area contributed by atoms with Gasteiger partial charge in [-0.15, -0.1) is 0 Å². The molecule has 0 radical (unpaired) electrons. The lowest BCUT2D eigenvalue weighted by molar-refractivity contribution is 1.01. The van der Waals surface area contributed by atoms with E-state index >= 15 is 0 Å². The summed E-state index contributed by atoms with van der Waals surface area (Å²) in [5.74, 6) is 0.809. The standard InChI is InChI=1S/C9H10IN3/c1-6-3-7(2)13-5-8(4-10)12-9(13)11-6/h3,5H,4H2,1-2H3. The lowest BCUT2D eigenvalue weighted by atomic mass is 10.3. The summed E-state index contributed by atoms with van der Waals surface area (Å²) < 4.78 is 2.96. The van der Waals surface area contributed by atoms with Crippen molar-refractivity contribution in [3.05, 3.63) is 29.3 Å². The highest BCUT2D eigenvalue weighted by molar-refractivity contribution is 14.1. The summed E-state index contributed by atoms with van der Waals surface area (Å²) in [6.45, 7) is 4.06. The molecule has 0 unspecified atom stereocenters. The van der Waals surface area contributed by atoms with Crippen molar-refractivity contribution in [3.63, 3.8) is 0 Å². The van der Waals surface area contributed by atoms with Gasteiger partial charge >= 0.3 is 0 Å². The molecule has 0 aliphatic carbocycles. The minimum absolute atomic E-state index is 0.809. The number of aryl methyl sites for hydroxylation is 2. The maximum Gasteiger partial charge on any atom is 0.234 e. The van der Waals surface area contributed by atoms with Crippen LogP contribution in [0, 0.1) is 13.8 Å². The molecular weight excluding hydrogens is 277 g/mol. The van der Waals surface area contributed by atoms with Crippen molar-refractivity contribution in [3.8, 4) is 0 Å². The molecule has 68 valence electrons. The van der Waals surface area contributed by atoms with Crippen LogP contribution in [0.2, 0.25) is 0 Å². The summed E-state index contributed by atoms with van der Waals surface area (Å²) in [5, 5.41) is 0. The van der Waals surface area contributed by atoms with Crippen molar-refractivity contribution in [2.75, 3.05) is 0 Å². The maximum absolute atomic E-state index is 4.40. The molecule has 0 bridgehead atoms. The van der Waals surface area contributed by atoms with E-state index in [1.807, 2.05) is 17.5 Å². The van der Waals surface area contributed by atoms with Gasteiger partial charge in [0.05, 0.1) is 5.69 Å².